The van der Waals surface area contributed by atoms with Gasteiger partial charge in [0.15, 0.2) is 0 Å². The molecule has 114 valence electrons. The van der Waals surface area contributed by atoms with Crippen molar-refractivity contribution in [3.8, 4) is 5.75 Å². The molecule has 4 nitrogen and oxygen atoms in total. The van der Waals surface area contributed by atoms with Crippen LogP contribution in [0.5, 0.6) is 5.75 Å². The molecular weight excluding hydrogens is 268 g/mol. The molecule has 0 radical (unpaired) electrons. The highest BCUT2D eigenvalue weighted by atomic mass is 16.6. The van der Waals surface area contributed by atoms with E-state index in [9.17, 15) is 4.79 Å². The Morgan fingerprint density at radius 2 is 2.29 bits per heavy atom. The van der Waals surface area contributed by atoms with Gasteiger partial charge in [0, 0.05) is 18.2 Å². The van der Waals surface area contributed by atoms with E-state index >= 15 is 0 Å². The van der Waals surface area contributed by atoms with Gasteiger partial charge in [-0.15, -0.1) is 0 Å². The first-order chi connectivity index (χ1) is 10.2. The van der Waals surface area contributed by atoms with Crippen LogP contribution in [0.2, 0.25) is 0 Å². The van der Waals surface area contributed by atoms with Crippen LogP contribution in [0.1, 0.15) is 30.4 Å². The minimum absolute atomic E-state index is 0.0459. The third-order valence-electron chi connectivity index (χ3n) is 3.47. The highest BCUT2D eigenvalue weighted by molar-refractivity contribution is 5.87. The summed E-state index contributed by atoms with van der Waals surface area (Å²) in [5.74, 6) is 0.382. The second-order valence-corrected chi connectivity index (χ2v) is 5.20. The Morgan fingerprint density at radius 3 is 3.00 bits per heavy atom. The highest BCUT2D eigenvalue weighted by Gasteiger charge is 2.15. The van der Waals surface area contributed by atoms with Crippen molar-refractivity contribution in [1.82, 2.24) is 0 Å². The van der Waals surface area contributed by atoms with Crippen LogP contribution in [0.25, 0.3) is 6.08 Å². The second kappa shape index (κ2) is 7.84. The maximum Gasteiger partial charge on any atom is 0.330 e. The molecule has 1 aromatic rings. The number of methoxy groups -OCH3 is 1. The Labute approximate surface area is 125 Å². The Balaban J connectivity index is 1.88. The van der Waals surface area contributed by atoms with Crippen molar-refractivity contribution in [2.45, 2.75) is 32.3 Å². The fourth-order valence-corrected chi connectivity index (χ4v) is 2.30. The molecule has 1 saturated heterocycles. The van der Waals surface area contributed by atoms with E-state index in [1.807, 2.05) is 25.1 Å². The van der Waals surface area contributed by atoms with Crippen LogP contribution in [0, 0.1) is 6.92 Å². The van der Waals surface area contributed by atoms with Gasteiger partial charge in [-0.3, -0.25) is 0 Å². The topological polar surface area (TPSA) is 44.8 Å². The van der Waals surface area contributed by atoms with Crippen molar-refractivity contribution >= 4 is 12.0 Å². The summed E-state index contributed by atoms with van der Waals surface area (Å²) in [7, 11) is 1.61. The van der Waals surface area contributed by atoms with Gasteiger partial charge in [-0.2, -0.15) is 0 Å². The molecule has 4 heteroatoms. The van der Waals surface area contributed by atoms with Crippen LogP contribution in [-0.4, -0.2) is 32.4 Å². The van der Waals surface area contributed by atoms with Crippen LogP contribution in [0.3, 0.4) is 0 Å². The number of aryl methyl sites for hydroxylation is 1. The van der Waals surface area contributed by atoms with Gasteiger partial charge in [0.05, 0.1) is 13.2 Å². The molecule has 1 unspecified atom stereocenters. The Bertz CT molecular complexity index is 502. The lowest BCUT2D eigenvalue weighted by Gasteiger charge is -2.21. The van der Waals surface area contributed by atoms with Crippen molar-refractivity contribution < 1.29 is 19.0 Å². The summed E-state index contributed by atoms with van der Waals surface area (Å²) in [6.07, 6.45) is 6.39. The molecule has 1 aromatic carbocycles. The number of benzene rings is 1. The molecule has 0 saturated carbocycles. The van der Waals surface area contributed by atoms with Gasteiger partial charge >= 0.3 is 5.97 Å². The largest absolute Gasteiger partial charge is 0.496 e. The summed E-state index contributed by atoms with van der Waals surface area (Å²) in [6, 6.07) is 5.82. The third-order valence-corrected chi connectivity index (χ3v) is 3.47. The number of esters is 1. The zero-order chi connectivity index (χ0) is 15.1. The zero-order valence-electron chi connectivity index (χ0n) is 12.6. The van der Waals surface area contributed by atoms with Crippen molar-refractivity contribution in [1.29, 1.82) is 0 Å². The first-order valence-electron chi connectivity index (χ1n) is 7.30. The zero-order valence-corrected chi connectivity index (χ0v) is 12.6. The number of carbonyl (C=O) groups excluding carboxylic acids is 1. The first-order valence-corrected chi connectivity index (χ1v) is 7.30. The molecular formula is C17H22O4. The summed E-state index contributed by atoms with van der Waals surface area (Å²) < 4.78 is 16.0. The molecule has 1 aliphatic rings. The Kier molecular flexibility index (Phi) is 5.81. The molecule has 1 fully saturated rings. The van der Waals surface area contributed by atoms with E-state index in [1.54, 1.807) is 13.2 Å². The maximum absolute atomic E-state index is 11.7. The van der Waals surface area contributed by atoms with Gasteiger partial charge in [0.2, 0.25) is 0 Å². The average molecular weight is 290 g/mol. The van der Waals surface area contributed by atoms with Crippen LogP contribution < -0.4 is 4.74 Å². The molecule has 0 aliphatic carbocycles. The second-order valence-electron chi connectivity index (χ2n) is 5.20. The minimum Gasteiger partial charge on any atom is -0.496 e. The van der Waals surface area contributed by atoms with Gasteiger partial charge in [0.25, 0.3) is 0 Å². The van der Waals surface area contributed by atoms with Crippen molar-refractivity contribution in [2.24, 2.45) is 0 Å². The summed E-state index contributed by atoms with van der Waals surface area (Å²) in [4.78, 5) is 11.7. The Morgan fingerprint density at radius 1 is 1.43 bits per heavy atom. The summed E-state index contributed by atoms with van der Waals surface area (Å²) in [6.45, 7) is 3.09. The molecule has 1 heterocycles. The van der Waals surface area contributed by atoms with Crippen LogP contribution >= 0.6 is 0 Å². The maximum atomic E-state index is 11.7. The lowest BCUT2D eigenvalue weighted by atomic mass is 10.1. The number of rotatable bonds is 5. The predicted octanol–water partition coefficient (Wildman–Crippen LogP) is 3.13. The van der Waals surface area contributed by atoms with E-state index in [2.05, 4.69) is 0 Å². The molecule has 2 rings (SSSR count). The quantitative estimate of drug-likeness (QED) is 0.617. The van der Waals surface area contributed by atoms with Crippen molar-refractivity contribution in [3.63, 3.8) is 0 Å². The van der Waals surface area contributed by atoms with Gasteiger partial charge in [-0.25, -0.2) is 4.79 Å². The predicted molar refractivity (Wildman–Crippen MR) is 81.3 cm³/mol. The van der Waals surface area contributed by atoms with Crippen LogP contribution in [0.15, 0.2) is 24.3 Å². The third kappa shape index (κ3) is 4.90. The fourth-order valence-electron chi connectivity index (χ4n) is 2.30. The first kappa shape index (κ1) is 15.6. The van der Waals surface area contributed by atoms with Crippen molar-refractivity contribution in [2.75, 3.05) is 20.3 Å². The van der Waals surface area contributed by atoms with E-state index in [0.29, 0.717) is 6.61 Å². The lowest BCUT2D eigenvalue weighted by Crippen LogP contribution is -2.25. The number of hydrogen-bond acceptors (Lipinski definition) is 4. The molecule has 0 aromatic heterocycles. The number of carbonyl (C=O) groups is 1. The molecule has 0 amide bonds. The van der Waals surface area contributed by atoms with Crippen LogP contribution in [-0.2, 0) is 14.3 Å². The van der Waals surface area contributed by atoms with E-state index in [4.69, 9.17) is 14.2 Å². The SMILES string of the molecule is COc1ccc(C)cc1/C=C/C(=O)OCC1CCCCO1. The van der Waals surface area contributed by atoms with Gasteiger partial charge in [0.1, 0.15) is 12.4 Å². The molecule has 1 atom stereocenters. The summed E-state index contributed by atoms with van der Waals surface area (Å²) in [5.41, 5.74) is 1.97. The van der Waals surface area contributed by atoms with E-state index in [-0.39, 0.29) is 12.1 Å². The van der Waals surface area contributed by atoms with Gasteiger partial charge in [-0.05, 0) is 44.4 Å². The summed E-state index contributed by atoms with van der Waals surface area (Å²) in [5, 5.41) is 0. The van der Waals surface area contributed by atoms with Crippen molar-refractivity contribution in [3.05, 3.63) is 35.4 Å². The average Bonchev–Trinajstić information content (AvgIpc) is 2.52. The molecule has 0 spiro atoms. The minimum atomic E-state index is -0.354. The Hall–Kier alpha value is -1.81. The molecule has 0 bridgehead atoms. The molecule has 0 N–H and O–H groups in total. The highest BCUT2D eigenvalue weighted by Crippen LogP contribution is 2.21. The molecule has 1 aliphatic heterocycles. The van der Waals surface area contributed by atoms with E-state index < -0.39 is 0 Å². The van der Waals surface area contributed by atoms with Gasteiger partial charge < -0.3 is 14.2 Å². The monoisotopic (exact) mass is 290 g/mol. The van der Waals surface area contributed by atoms with E-state index in [0.717, 1.165) is 42.7 Å². The lowest BCUT2D eigenvalue weighted by molar-refractivity contribution is -0.143. The number of ether oxygens (including phenoxy) is 3. The van der Waals surface area contributed by atoms with Crippen LogP contribution in [0.4, 0.5) is 0 Å². The standard InChI is InChI=1S/C17H22O4/c1-13-6-8-16(19-2)14(11-13)7-9-17(18)21-12-15-5-3-4-10-20-15/h6-9,11,15H,3-5,10,12H2,1-2H3/b9-7+. The molecule has 21 heavy (non-hydrogen) atoms. The smallest absolute Gasteiger partial charge is 0.330 e. The number of hydrogen-bond donors (Lipinski definition) is 0. The van der Waals surface area contributed by atoms with E-state index in [1.165, 1.54) is 6.08 Å². The summed E-state index contributed by atoms with van der Waals surface area (Å²) >= 11 is 0. The fraction of sp³-hybridized carbons (Fsp3) is 0.471. The van der Waals surface area contributed by atoms with Gasteiger partial charge in [-0.1, -0.05) is 11.6 Å². The normalized spacial score (nSPS) is 18.7.